The molecule has 2 aromatic carbocycles. The molecule has 27 heavy (non-hydrogen) atoms. The van der Waals surface area contributed by atoms with Crippen LogP contribution in [-0.4, -0.2) is 34.2 Å². The number of sulfonamides is 1. The van der Waals surface area contributed by atoms with Crippen molar-refractivity contribution in [2.45, 2.75) is 26.8 Å². The fourth-order valence-electron chi connectivity index (χ4n) is 3.02. The molecule has 1 N–H and O–H groups in total. The van der Waals surface area contributed by atoms with E-state index >= 15 is 0 Å². The van der Waals surface area contributed by atoms with Crippen molar-refractivity contribution in [1.29, 1.82) is 0 Å². The minimum atomic E-state index is -3.67. The number of carbonyl (C=O) groups excluding carboxylic acids is 1. The van der Waals surface area contributed by atoms with Gasteiger partial charge in [-0.3, -0.25) is 9.10 Å². The number of para-hydroxylation sites is 2. The molecule has 0 heterocycles. The van der Waals surface area contributed by atoms with Crippen LogP contribution in [-0.2, 0) is 14.8 Å². The zero-order valence-corrected chi connectivity index (χ0v) is 17.1. The quantitative estimate of drug-likeness (QED) is 0.789. The molecule has 2 aromatic rings. The molecule has 7 heteroatoms. The first-order chi connectivity index (χ1) is 12.6. The number of ether oxygens (including phenoxy) is 1. The van der Waals surface area contributed by atoms with E-state index in [1.54, 1.807) is 24.3 Å². The predicted molar refractivity (Wildman–Crippen MR) is 108 cm³/mol. The van der Waals surface area contributed by atoms with Crippen LogP contribution in [0.15, 0.2) is 42.5 Å². The molecule has 0 aliphatic rings. The summed E-state index contributed by atoms with van der Waals surface area (Å²) in [6, 6.07) is 12.5. The Morgan fingerprint density at radius 3 is 2.44 bits per heavy atom. The summed E-state index contributed by atoms with van der Waals surface area (Å²) in [6.45, 7) is 5.55. The second kappa shape index (κ2) is 8.43. The number of hydrogen-bond acceptors (Lipinski definition) is 4. The van der Waals surface area contributed by atoms with E-state index in [0.717, 1.165) is 27.3 Å². The molecule has 0 aliphatic carbocycles. The average molecular weight is 391 g/mol. The standard InChI is InChI=1S/C20H26N2O4S/c1-14-10-11-17(15(2)12-14)16(3)21-20(23)13-22(27(5,24)25)18-8-6-7-9-19(18)26-4/h6-12,16H,13H2,1-5H3,(H,21,23)/t16-/m1/s1. The lowest BCUT2D eigenvalue weighted by atomic mass is 10.0. The Kier molecular flexibility index (Phi) is 6.49. The maximum atomic E-state index is 12.6. The fraction of sp³-hybridized carbons (Fsp3) is 0.350. The Bertz CT molecular complexity index is 925. The zero-order chi connectivity index (χ0) is 20.2. The van der Waals surface area contributed by atoms with Crippen molar-refractivity contribution in [3.8, 4) is 5.75 Å². The number of methoxy groups -OCH3 is 1. The highest BCUT2D eigenvalue weighted by Crippen LogP contribution is 2.29. The third-order valence-corrected chi connectivity index (χ3v) is 5.44. The van der Waals surface area contributed by atoms with Gasteiger partial charge in [0.25, 0.3) is 0 Å². The highest BCUT2D eigenvalue weighted by atomic mass is 32.2. The molecule has 0 unspecified atom stereocenters. The summed E-state index contributed by atoms with van der Waals surface area (Å²) in [5, 5.41) is 2.88. The molecule has 0 saturated carbocycles. The van der Waals surface area contributed by atoms with Crippen molar-refractivity contribution < 1.29 is 17.9 Å². The molecular weight excluding hydrogens is 364 g/mol. The van der Waals surface area contributed by atoms with Gasteiger partial charge in [0.2, 0.25) is 15.9 Å². The first kappa shape index (κ1) is 20.8. The molecule has 0 saturated heterocycles. The van der Waals surface area contributed by atoms with Gasteiger partial charge in [0.05, 0.1) is 25.1 Å². The Balaban J connectivity index is 2.22. The van der Waals surface area contributed by atoms with Crippen LogP contribution in [0, 0.1) is 13.8 Å². The third-order valence-electron chi connectivity index (χ3n) is 4.31. The Hall–Kier alpha value is -2.54. The van der Waals surface area contributed by atoms with Gasteiger partial charge in [-0.05, 0) is 44.0 Å². The molecule has 0 spiro atoms. The number of anilines is 1. The third kappa shape index (κ3) is 5.23. The van der Waals surface area contributed by atoms with Gasteiger partial charge in [-0.25, -0.2) is 8.42 Å². The second-order valence-corrected chi connectivity index (χ2v) is 8.50. The maximum Gasteiger partial charge on any atom is 0.241 e. The van der Waals surface area contributed by atoms with Gasteiger partial charge in [0.15, 0.2) is 0 Å². The molecule has 6 nitrogen and oxygen atoms in total. The van der Waals surface area contributed by atoms with E-state index in [9.17, 15) is 13.2 Å². The second-order valence-electron chi connectivity index (χ2n) is 6.59. The predicted octanol–water partition coefficient (Wildman–Crippen LogP) is 2.96. The smallest absolute Gasteiger partial charge is 0.241 e. The van der Waals surface area contributed by atoms with Crippen LogP contribution in [0.4, 0.5) is 5.69 Å². The summed E-state index contributed by atoms with van der Waals surface area (Å²) in [7, 11) is -2.21. The first-order valence-electron chi connectivity index (χ1n) is 8.60. The highest BCUT2D eigenvalue weighted by Gasteiger charge is 2.24. The van der Waals surface area contributed by atoms with Crippen LogP contribution in [0.5, 0.6) is 5.75 Å². The van der Waals surface area contributed by atoms with E-state index in [-0.39, 0.29) is 18.5 Å². The molecule has 0 aliphatic heterocycles. The number of amides is 1. The highest BCUT2D eigenvalue weighted by molar-refractivity contribution is 7.92. The van der Waals surface area contributed by atoms with Crippen molar-refractivity contribution in [3.05, 3.63) is 59.2 Å². The molecule has 146 valence electrons. The van der Waals surface area contributed by atoms with E-state index in [1.807, 2.05) is 32.9 Å². The van der Waals surface area contributed by atoms with Crippen LogP contribution in [0.1, 0.15) is 29.7 Å². The van der Waals surface area contributed by atoms with Crippen LogP contribution in [0.25, 0.3) is 0 Å². The number of carbonyl (C=O) groups is 1. The van der Waals surface area contributed by atoms with Crippen molar-refractivity contribution in [2.24, 2.45) is 0 Å². The van der Waals surface area contributed by atoms with E-state index in [0.29, 0.717) is 11.4 Å². The maximum absolute atomic E-state index is 12.6. The number of aryl methyl sites for hydroxylation is 2. The number of nitrogens with one attached hydrogen (secondary N) is 1. The van der Waals surface area contributed by atoms with Gasteiger partial charge >= 0.3 is 0 Å². The van der Waals surface area contributed by atoms with Crippen molar-refractivity contribution in [2.75, 3.05) is 24.2 Å². The Morgan fingerprint density at radius 2 is 1.85 bits per heavy atom. The average Bonchev–Trinajstić information content (AvgIpc) is 2.58. The van der Waals surface area contributed by atoms with Crippen molar-refractivity contribution in [3.63, 3.8) is 0 Å². The summed E-state index contributed by atoms with van der Waals surface area (Å²) in [4.78, 5) is 12.6. The number of benzene rings is 2. The van der Waals surface area contributed by atoms with E-state index < -0.39 is 10.0 Å². The summed E-state index contributed by atoms with van der Waals surface area (Å²) in [5.74, 6) is -0.00282. The van der Waals surface area contributed by atoms with Crippen LogP contribution >= 0.6 is 0 Å². The Labute approximate surface area is 161 Å². The van der Waals surface area contributed by atoms with Gasteiger partial charge in [-0.15, -0.1) is 0 Å². The normalized spacial score (nSPS) is 12.3. The largest absolute Gasteiger partial charge is 0.495 e. The van der Waals surface area contributed by atoms with Gasteiger partial charge in [-0.1, -0.05) is 35.9 Å². The lowest BCUT2D eigenvalue weighted by molar-refractivity contribution is -0.120. The monoisotopic (exact) mass is 390 g/mol. The van der Waals surface area contributed by atoms with Crippen LogP contribution in [0.3, 0.4) is 0 Å². The topological polar surface area (TPSA) is 75.7 Å². The molecule has 1 amide bonds. The summed E-state index contributed by atoms with van der Waals surface area (Å²) < 4.78 is 30.8. The van der Waals surface area contributed by atoms with Crippen LogP contribution < -0.4 is 14.4 Å². The van der Waals surface area contributed by atoms with Crippen LogP contribution in [0.2, 0.25) is 0 Å². The van der Waals surface area contributed by atoms with E-state index in [4.69, 9.17) is 4.74 Å². The summed E-state index contributed by atoms with van der Waals surface area (Å²) in [6.07, 6.45) is 1.07. The van der Waals surface area contributed by atoms with Crippen molar-refractivity contribution in [1.82, 2.24) is 5.32 Å². The van der Waals surface area contributed by atoms with Gasteiger partial charge in [0, 0.05) is 0 Å². The van der Waals surface area contributed by atoms with Gasteiger partial charge in [0.1, 0.15) is 12.3 Å². The molecular formula is C20H26N2O4S. The number of hydrogen-bond donors (Lipinski definition) is 1. The Morgan fingerprint density at radius 1 is 1.19 bits per heavy atom. The zero-order valence-electron chi connectivity index (χ0n) is 16.3. The summed E-state index contributed by atoms with van der Waals surface area (Å²) in [5.41, 5.74) is 3.55. The van der Waals surface area contributed by atoms with Gasteiger partial charge < -0.3 is 10.1 Å². The van der Waals surface area contributed by atoms with E-state index in [2.05, 4.69) is 11.4 Å². The minimum absolute atomic E-state index is 0.239. The first-order valence-corrected chi connectivity index (χ1v) is 10.5. The summed E-state index contributed by atoms with van der Waals surface area (Å²) >= 11 is 0. The lowest BCUT2D eigenvalue weighted by Gasteiger charge is -2.25. The SMILES string of the molecule is COc1ccccc1N(CC(=O)N[C@H](C)c1ccc(C)cc1C)S(C)(=O)=O. The lowest BCUT2D eigenvalue weighted by Crippen LogP contribution is -2.41. The van der Waals surface area contributed by atoms with E-state index in [1.165, 1.54) is 7.11 Å². The van der Waals surface area contributed by atoms with Crippen molar-refractivity contribution >= 4 is 21.6 Å². The molecule has 0 bridgehead atoms. The number of nitrogens with zero attached hydrogens (tertiary/aromatic N) is 1. The van der Waals surface area contributed by atoms with Gasteiger partial charge in [-0.2, -0.15) is 0 Å². The molecule has 1 atom stereocenters. The molecule has 0 radical (unpaired) electrons. The fourth-order valence-corrected chi connectivity index (χ4v) is 3.88. The number of rotatable bonds is 7. The molecule has 2 rings (SSSR count). The molecule has 0 aromatic heterocycles. The molecule has 0 fully saturated rings. The minimum Gasteiger partial charge on any atom is -0.495 e.